The molecular weight excluding hydrogens is 210 g/mol. The van der Waals surface area contributed by atoms with Gasteiger partial charge in [0.15, 0.2) is 0 Å². The van der Waals surface area contributed by atoms with Gasteiger partial charge in [0.2, 0.25) is 0 Å². The van der Waals surface area contributed by atoms with Gasteiger partial charge in [0.1, 0.15) is 0 Å². The summed E-state index contributed by atoms with van der Waals surface area (Å²) < 4.78 is 0. The van der Waals surface area contributed by atoms with Crippen molar-refractivity contribution in [2.45, 2.75) is 40.2 Å². The molecular formula is C15H23NO. The van der Waals surface area contributed by atoms with E-state index in [4.69, 9.17) is 4.84 Å². The zero-order chi connectivity index (χ0) is 13.2. The summed E-state index contributed by atoms with van der Waals surface area (Å²) in [5, 5.41) is 1.83. The fourth-order valence-corrected chi connectivity index (χ4v) is 1.92. The minimum Gasteiger partial charge on any atom is -0.268 e. The Bertz CT molecular complexity index is 392. The summed E-state index contributed by atoms with van der Waals surface area (Å²) in [6, 6.07) is 4.24. The van der Waals surface area contributed by atoms with E-state index >= 15 is 0 Å². The van der Waals surface area contributed by atoms with Gasteiger partial charge in [-0.15, -0.1) is 0 Å². The number of hydroxylamine groups is 1. The predicted molar refractivity (Wildman–Crippen MR) is 75.2 cm³/mol. The number of anilines is 1. The van der Waals surface area contributed by atoms with Crippen molar-refractivity contribution in [2.75, 3.05) is 12.1 Å². The van der Waals surface area contributed by atoms with Gasteiger partial charge in [0, 0.05) is 7.05 Å². The third kappa shape index (κ3) is 3.60. The lowest BCUT2D eigenvalue weighted by Gasteiger charge is -2.29. The molecule has 17 heavy (non-hydrogen) atoms. The first-order valence-electron chi connectivity index (χ1n) is 5.91. The second kappa shape index (κ2) is 4.92. The minimum atomic E-state index is -0.187. The fraction of sp³-hybridized carbons (Fsp3) is 0.467. The average molecular weight is 233 g/mol. The fourth-order valence-electron chi connectivity index (χ4n) is 1.92. The maximum atomic E-state index is 5.81. The summed E-state index contributed by atoms with van der Waals surface area (Å²) >= 11 is 0. The summed E-state index contributed by atoms with van der Waals surface area (Å²) in [6.45, 7) is 14.2. The smallest absolute Gasteiger partial charge is 0.0878 e. The van der Waals surface area contributed by atoms with E-state index in [2.05, 4.69) is 32.6 Å². The van der Waals surface area contributed by atoms with Crippen LogP contribution in [0.15, 0.2) is 18.7 Å². The number of hydrogen-bond donors (Lipinski definition) is 0. The lowest BCUT2D eigenvalue weighted by molar-refractivity contribution is -0.0126. The molecule has 0 unspecified atom stereocenters. The van der Waals surface area contributed by atoms with E-state index in [1.54, 1.807) is 0 Å². The molecule has 0 aliphatic rings. The van der Waals surface area contributed by atoms with Gasteiger partial charge in [-0.2, -0.15) is 0 Å². The van der Waals surface area contributed by atoms with E-state index in [9.17, 15) is 0 Å². The Morgan fingerprint density at radius 2 is 1.65 bits per heavy atom. The molecule has 0 saturated carbocycles. The quantitative estimate of drug-likeness (QED) is 0.728. The molecule has 1 aromatic rings. The summed E-state index contributed by atoms with van der Waals surface area (Å²) in [4.78, 5) is 5.81. The lowest BCUT2D eigenvalue weighted by Crippen LogP contribution is -2.31. The summed E-state index contributed by atoms with van der Waals surface area (Å²) in [7, 11) is 1.94. The standard InChI is InChI=1S/C15H23NO/c1-8-14-11(2)9-13(10-12(14)3)16(7)17-15(4,5)6/h8-10H,1H2,2-7H3. The highest BCUT2D eigenvalue weighted by atomic mass is 16.7. The topological polar surface area (TPSA) is 12.5 Å². The van der Waals surface area contributed by atoms with Gasteiger partial charge < -0.3 is 0 Å². The minimum absolute atomic E-state index is 0.187. The van der Waals surface area contributed by atoms with E-state index in [1.165, 1.54) is 16.7 Å². The number of aryl methyl sites for hydroxylation is 2. The van der Waals surface area contributed by atoms with Crippen molar-refractivity contribution >= 4 is 11.8 Å². The monoisotopic (exact) mass is 233 g/mol. The van der Waals surface area contributed by atoms with Crippen molar-refractivity contribution in [3.8, 4) is 0 Å². The average Bonchev–Trinajstić information content (AvgIpc) is 2.14. The molecule has 2 heteroatoms. The normalized spacial score (nSPS) is 11.4. The molecule has 0 aromatic heterocycles. The molecule has 0 bridgehead atoms. The third-order valence-corrected chi connectivity index (χ3v) is 2.56. The first-order valence-corrected chi connectivity index (χ1v) is 5.91. The molecule has 0 heterocycles. The van der Waals surface area contributed by atoms with Crippen molar-refractivity contribution in [3.05, 3.63) is 35.4 Å². The van der Waals surface area contributed by atoms with Crippen molar-refractivity contribution in [1.82, 2.24) is 0 Å². The van der Waals surface area contributed by atoms with Crippen LogP contribution in [0.4, 0.5) is 5.69 Å². The van der Waals surface area contributed by atoms with E-state index in [0.717, 1.165) is 5.69 Å². The van der Waals surface area contributed by atoms with E-state index in [0.29, 0.717) is 0 Å². The van der Waals surface area contributed by atoms with Gasteiger partial charge in [0.05, 0.1) is 11.3 Å². The molecule has 2 nitrogen and oxygen atoms in total. The summed E-state index contributed by atoms with van der Waals surface area (Å²) in [5.41, 5.74) is 4.53. The van der Waals surface area contributed by atoms with Gasteiger partial charge in [0.25, 0.3) is 0 Å². The maximum absolute atomic E-state index is 5.81. The van der Waals surface area contributed by atoms with Crippen molar-refractivity contribution < 1.29 is 4.84 Å². The summed E-state index contributed by atoms with van der Waals surface area (Å²) in [5.74, 6) is 0. The van der Waals surface area contributed by atoms with E-state index in [1.807, 2.05) is 39.0 Å². The molecule has 0 atom stereocenters. The van der Waals surface area contributed by atoms with Crippen LogP contribution < -0.4 is 5.06 Å². The molecule has 1 rings (SSSR count). The second-order valence-corrected chi connectivity index (χ2v) is 5.40. The van der Waals surface area contributed by atoms with Crippen molar-refractivity contribution in [1.29, 1.82) is 0 Å². The highest BCUT2D eigenvalue weighted by Crippen LogP contribution is 2.25. The maximum Gasteiger partial charge on any atom is 0.0878 e. The molecule has 0 aliphatic heterocycles. The Morgan fingerprint density at radius 3 is 2.00 bits per heavy atom. The van der Waals surface area contributed by atoms with Gasteiger partial charge in [-0.05, 0) is 63.4 Å². The van der Waals surface area contributed by atoms with Crippen LogP contribution in [-0.4, -0.2) is 12.6 Å². The van der Waals surface area contributed by atoms with Crippen LogP contribution in [0.3, 0.4) is 0 Å². The van der Waals surface area contributed by atoms with Crippen LogP contribution >= 0.6 is 0 Å². The van der Waals surface area contributed by atoms with Crippen LogP contribution in [0.25, 0.3) is 6.08 Å². The van der Waals surface area contributed by atoms with Crippen LogP contribution in [0.1, 0.15) is 37.5 Å². The Morgan fingerprint density at radius 1 is 1.18 bits per heavy atom. The first-order chi connectivity index (χ1) is 7.74. The highest BCUT2D eigenvalue weighted by molar-refractivity contribution is 5.62. The Balaban J connectivity index is 3.04. The highest BCUT2D eigenvalue weighted by Gasteiger charge is 2.15. The zero-order valence-corrected chi connectivity index (χ0v) is 11.8. The number of rotatable bonds is 3. The van der Waals surface area contributed by atoms with Gasteiger partial charge in [-0.25, -0.2) is 0 Å². The molecule has 0 fully saturated rings. The van der Waals surface area contributed by atoms with E-state index in [-0.39, 0.29) is 5.60 Å². The van der Waals surface area contributed by atoms with Crippen molar-refractivity contribution in [3.63, 3.8) is 0 Å². The van der Waals surface area contributed by atoms with Gasteiger partial charge in [-0.3, -0.25) is 9.90 Å². The van der Waals surface area contributed by atoms with E-state index < -0.39 is 0 Å². The number of nitrogens with zero attached hydrogens (tertiary/aromatic N) is 1. The molecule has 0 saturated heterocycles. The molecule has 0 spiro atoms. The molecule has 0 radical (unpaired) electrons. The number of hydrogen-bond acceptors (Lipinski definition) is 2. The van der Waals surface area contributed by atoms with Crippen LogP contribution in [0.2, 0.25) is 0 Å². The van der Waals surface area contributed by atoms with Crippen LogP contribution in [0, 0.1) is 13.8 Å². The van der Waals surface area contributed by atoms with Crippen LogP contribution in [-0.2, 0) is 4.84 Å². The van der Waals surface area contributed by atoms with Crippen LogP contribution in [0.5, 0.6) is 0 Å². The second-order valence-electron chi connectivity index (χ2n) is 5.40. The van der Waals surface area contributed by atoms with Crippen molar-refractivity contribution in [2.24, 2.45) is 0 Å². The predicted octanol–water partition coefficient (Wildman–Crippen LogP) is 4.11. The Kier molecular flexibility index (Phi) is 3.99. The molecule has 0 aliphatic carbocycles. The SMILES string of the molecule is C=Cc1c(C)cc(N(C)OC(C)(C)C)cc1C. The van der Waals surface area contributed by atoms with Gasteiger partial charge in [-0.1, -0.05) is 12.7 Å². The number of benzene rings is 1. The van der Waals surface area contributed by atoms with Gasteiger partial charge >= 0.3 is 0 Å². The molecule has 0 amide bonds. The lowest BCUT2D eigenvalue weighted by atomic mass is 10.0. The third-order valence-electron chi connectivity index (χ3n) is 2.56. The Hall–Kier alpha value is -1.28. The zero-order valence-electron chi connectivity index (χ0n) is 11.8. The summed E-state index contributed by atoms with van der Waals surface area (Å²) in [6.07, 6.45) is 1.90. The molecule has 94 valence electrons. The molecule has 0 N–H and O–H groups in total. The Labute approximate surface area is 105 Å². The molecule has 1 aromatic carbocycles. The largest absolute Gasteiger partial charge is 0.268 e. The first kappa shape index (κ1) is 13.8.